The van der Waals surface area contributed by atoms with Gasteiger partial charge in [0.05, 0.1) is 19.1 Å². The summed E-state index contributed by atoms with van der Waals surface area (Å²) in [5, 5.41) is 31.4. The Morgan fingerprint density at radius 3 is 2.75 bits per heavy atom. The molecule has 9 nitrogen and oxygen atoms in total. The molecule has 4 rings (SSSR count). The van der Waals surface area contributed by atoms with Gasteiger partial charge in [-0.2, -0.15) is 0 Å². The van der Waals surface area contributed by atoms with Gasteiger partial charge in [-0.3, -0.25) is 4.57 Å². The van der Waals surface area contributed by atoms with Crippen molar-refractivity contribution in [2.45, 2.75) is 24.5 Å². The minimum absolute atomic E-state index is 0.386. The van der Waals surface area contributed by atoms with E-state index in [0.717, 1.165) is 11.0 Å². The van der Waals surface area contributed by atoms with Gasteiger partial charge in [0.2, 0.25) is 5.88 Å². The second kappa shape index (κ2) is 5.42. The Balaban J connectivity index is 2.02. The molecule has 24 heavy (non-hydrogen) atoms. The van der Waals surface area contributed by atoms with Crippen molar-refractivity contribution in [3.05, 3.63) is 18.6 Å². The highest BCUT2D eigenvalue weighted by atomic mass is 16.6. The van der Waals surface area contributed by atoms with Crippen LogP contribution in [0.2, 0.25) is 0 Å². The number of aryl methyl sites for hydroxylation is 1. The van der Waals surface area contributed by atoms with Gasteiger partial charge in [0, 0.05) is 18.6 Å². The largest absolute Gasteiger partial charge is 0.480 e. The molecule has 1 aliphatic heterocycles. The SMILES string of the molecule is COc1ncnc2c1c1ccn(C)c1n2[C@@H]1O[C@H](CO)[C@@H](O)[C@H]1O. The lowest BCUT2D eigenvalue weighted by molar-refractivity contribution is -0.0493. The molecule has 0 unspecified atom stereocenters. The molecule has 1 saturated heterocycles. The van der Waals surface area contributed by atoms with Crippen LogP contribution in [0.4, 0.5) is 0 Å². The summed E-state index contributed by atoms with van der Waals surface area (Å²) in [5.41, 5.74) is 1.27. The maximum Gasteiger partial charge on any atom is 0.226 e. The number of fused-ring (bicyclic) bond motifs is 3. The Hall–Kier alpha value is -2.20. The predicted molar refractivity (Wildman–Crippen MR) is 83.6 cm³/mol. The second-order valence-corrected chi connectivity index (χ2v) is 5.84. The second-order valence-electron chi connectivity index (χ2n) is 5.84. The molecule has 0 saturated carbocycles. The first-order valence-electron chi connectivity index (χ1n) is 7.54. The van der Waals surface area contributed by atoms with E-state index in [1.807, 2.05) is 23.9 Å². The molecule has 3 N–H and O–H groups in total. The van der Waals surface area contributed by atoms with E-state index in [0.29, 0.717) is 16.9 Å². The third-order valence-corrected chi connectivity index (χ3v) is 4.52. The zero-order valence-corrected chi connectivity index (χ0v) is 13.2. The van der Waals surface area contributed by atoms with Gasteiger partial charge in [-0.05, 0) is 6.07 Å². The van der Waals surface area contributed by atoms with E-state index in [1.165, 1.54) is 13.4 Å². The summed E-state index contributed by atoms with van der Waals surface area (Å²) in [7, 11) is 3.39. The van der Waals surface area contributed by atoms with Gasteiger partial charge >= 0.3 is 0 Å². The molecule has 9 heteroatoms. The molecule has 1 fully saturated rings. The van der Waals surface area contributed by atoms with Crippen LogP contribution in [-0.4, -0.2) is 66.5 Å². The maximum atomic E-state index is 10.4. The standard InChI is InChI=1S/C15H18N4O5/c1-18-4-3-7-9-12(16-6-17-13(9)23-2)19(14(7)18)15-11(22)10(21)8(5-20)24-15/h3-4,6,8,10-11,15,20-22H,5H2,1-2H3/t8-,10-,11-,15-/m1/s1. The first-order chi connectivity index (χ1) is 11.6. The number of aliphatic hydroxyl groups is 3. The summed E-state index contributed by atoms with van der Waals surface area (Å²) in [5.74, 6) is 0.418. The topological polar surface area (TPSA) is 115 Å². The van der Waals surface area contributed by atoms with Gasteiger partial charge in [-0.1, -0.05) is 0 Å². The molecule has 0 radical (unpaired) electrons. The van der Waals surface area contributed by atoms with Crippen LogP contribution in [0, 0.1) is 0 Å². The van der Waals surface area contributed by atoms with Crippen LogP contribution in [0.25, 0.3) is 22.1 Å². The van der Waals surface area contributed by atoms with E-state index in [2.05, 4.69) is 9.97 Å². The smallest absolute Gasteiger partial charge is 0.226 e. The number of rotatable bonds is 3. The number of hydrogen-bond donors (Lipinski definition) is 3. The van der Waals surface area contributed by atoms with Crippen LogP contribution in [0.3, 0.4) is 0 Å². The van der Waals surface area contributed by atoms with E-state index >= 15 is 0 Å². The van der Waals surface area contributed by atoms with E-state index in [1.54, 1.807) is 4.57 Å². The molecule has 1 aliphatic rings. The lowest BCUT2D eigenvalue weighted by atomic mass is 10.1. The van der Waals surface area contributed by atoms with Crippen LogP contribution in [0.15, 0.2) is 18.6 Å². The van der Waals surface area contributed by atoms with Gasteiger partial charge in [0.25, 0.3) is 0 Å². The number of methoxy groups -OCH3 is 1. The molecule has 4 atom stereocenters. The molecule has 0 aromatic carbocycles. The van der Waals surface area contributed by atoms with Gasteiger partial charge in [0.1, 0.15) is 30.3 Å². The van der Waals surface area contributed by atoms with Gasteiger partial charge in [-0.25, -0.2) is 9.97 Å². The Morgan fingerprint density at radius 2 is 2.08 bits per heavy atom. The normalized spacial score (nSPS) is 27.4. The van der Waals surface area contributed by atoms with Crippen molar-refractivity contribution in [2.24, 2.45) is 7.05 Å². The minimum atomic E-state index is -1.20. The van der Waals surface area contributed by atoms with Crippen molar-refractivity contribution in [1.29, 1.82) is 0 Å². The summed E-state index contributed by atoms with van der Waals surface area (Å²) < 4.78 is 14.6. The number of hydrogen-bond acceptors (Lipinski definition) is 7. The van der Waals surface area contributed by atoms with Crippen molar-refractivity contribution in [1.82, 2.24) is 19.1 Å². The monoisotopic (exact) mass is 334 g/mol. The zero-order valence-electron chi connectivity index (χ0n) is 13.2. The molecule has 0 spiro atoms. The van der Waals surface area contributed by atoms with Gasteiger partial charge in [0.15, 0.2) is 11.9 Å². The van der Waals surface area contributed by atoms with E-state index < -0.39 is 24.5 Å². The van der Waals surface area contributed by atoms with Crippen LogP contribution in [-0.2, 0) is 11.8 Å². The maximum absolute atomic E-state index is 10.4. The molecule has 0 amide bonds. The van der Waals surface area contributed by atoms with Gasteiger partial charge < -0.3 is 29.4 Å². The van der Waals surface area contributed by atoms with Crippen molar-refractivity contribution in [3.8, 4) is 5.88 Å². The quantitative estimate of drug-likeness (QED) is 0.594. The number of nitrogens with zero attached hydrogens (tertiary/aromatic N) is 4. The summed E-state index contributed by atoms with van der Waals surface area (Å²) in [6.07, 6.45) is -0.883. The first-order valence-corrected chi connectivity index (χ1v) is 7.54. The molecular formula is C15H18N4O5. The van der Waals surface area contributed by atoms with Crippen LogP contribution < -0.4 is 4.74 Å². The summed E-state index contributed by atoms with van der Waals surface area (Å²) in [4.78, 5) is 8.46. The minimum Gasteiger partial charge on any atom is -0.480 e. The molecule has 128 valence electrons. The average Bonchev–Trinajstić information content (AvgIpc) is 3.21. The Morgan fingerprint density at radius 1 is 1.29 bits per heavy atom. The Labute approximate surface area is 136 Å². The fourth-order valence-corrected chi connectivity index (χ4v) is 3.38. The highest BCUT2D eigenvalue weighted by Gasteiger charge is 2.45. The lowest BCUT2D eigenvalue weighted by Crippen LogP contribution is -2.33. The van der Waals surface area contributed by atoms with E-state index in [-0.39, 0.29) is 6.61 Å². The summed E-state index contributed by atoms with van der Waals surface area (Å²) >= 11 is 0. The first kappa shape index (κ1) is 15.3. The van der Waals surface area contributed by atoms with Crippen molar-refractivity contribution in [3.63, 3.8) is 0 Å². The highest BCUT2D eigenvalue weighted by molar-refractivity contribution is 6.08. The molecule has 3 aromatic rings. The molecular weight excluding hydrogens is 316 g/mol. The molecule has 4 heterocycles. The number of aliphatic hydroxyl groups excluding tert-OH is 3. The number of aromatic nitrogens is 4. The van der Waals surface area contributed by atoms with E-state index in [4.69, 9.17) is 9.47 Å². The van der Waals surface area contributed by atoms with Crippen LogP contribution in [0.5, 0.6) is 5.88 Å². The number of ether oxygens (including phenoxy) is 2. The van der Waals surface area contributed by atoms with E-state index in [9.17, 15) is 15.3 Å². The third kappa shape index (κ3) is 1.89. The zero-order chi connectivity index (χ0) is 17.0. The Kier molecular flexibility index (Phi) is 3.46. The highest BCUT2D eigenvalue weighted by Crippen LogP contribution is 2.39. The lowest BCUT2D eigenvalue weighted by Gasteiger charge is -2.19. The fraction of sp³-hybridized carbons (Fsp3) is 0.467. The van der Waals surface area contributed by atoms with Crippen LogP contribution >= 0.6 is 0 Å². The predicted octanol–water partition coefficient (Wildman–Crippen LogP) is -0.457. The summed E-state index contributed by atoms with van der Waals surface area (Å²) in [6.45, 7) is -0.386. The third-order valence-electron chi connectivity index (χ3n) is 4.52. The molecule has 0 aliphatic carbocycles. The van der Waals surface area contributed by atoms with Gasteiger partial charge in [-0.15, -0.1) is 0 Å². The van der Waals surface area contributed by atoms with Crippen LogP contribution in [0.1, 0.15) is 6.23 Å². The molecule has 3 aromatic heterocycles. The van der Waals surface area contributed by atoms with Crippen molar-refractivity contribution in [2.75, 3.05) is 13.7 Å². The summed E-state index contributed by atoms with van der Waals surface area (Å²) in [6, 6.07) is 1.90. The Bertz CT molecular complexity index is 904. The van der Waals surface area contributed by atoms with Crippen molar-refractivity contribution < 1.29 is 24.8 Å². The van der Waals surface area contributed by atoms with Crippen molar-refractivity contribution >= 4 is 22.1 Å². The average molecular weight is 334 g/mol. The molecule has 0 bridgehead atoms. The fourth-order valence-electron chi connectivity index (χ4n) is 3.38.